The summed E-state index contributed by atoms with van der Waals surface area (Å²) >= 11 is 0. The van der Waals surface area contributed by atoms with Crippen molar-refractivity contribution in [2.45, 2.75) is 63.6 Å². The SMILES string of the molecule is COC(=O)[C@H]1OC(C)(C)O[C@]1(C(=O)OC)[C@](C)(O)CCC(C)=O. The van der Waals surface area contributed by atoms with Crippen LogP contribution in [0.1, 0.15) is 40.5 Å². The first-order valence-corrected chi connectivity index (χ1v) is 7.19. The molecule has 0 bridgehead atoms. The number of hydrogen-bond donors (Lipinski definition) is 1. The van der Waals surface area contributed by atoms with E-state index in [0.29, 0.717) is 0 Å². The summed E-state index contributed by atoms with van der Waals surface area (Å²) in [6.45, 7) is 5.64. The van der Waals surface area contributed by atoms with E-state index in [1.807, 2.05) is 0 Å². The zero-order chi connectivity index (χ0) is 18.1. The molecule has 0 aromatic rings. The maximum Gasteiger partial charge on any atom is 0.344 e. The van der Waals surface area contributed by atoms with Crippen LogP contribution in [-0.4, -0.2) is 60.1 Å². The first kappa shape index (κ1) is 19.5. The summed E-state index contributed by atoms with van der Waals surface area (Å²) in [7, 11) is 2.23. The van der Waals surface area contributed by atoms with Gasteiger partial charge in [0.15, 0.2) is 5.79 Å². The van der Waals surface area contributed by atoms with Crippen molar-refractivity contribution in [2.24, 2.45) is 0 Å². The average Bonchev–Trinajstić information content (AvgIpc) is 2.77. The molecule has 0 aromatic heterocycles. The van der Waals surface area contributed by atoms with Crippen molar-refractivity contribution in [1.29, 1.82) is 0 Å². The van der Waals surface area contributed by atoms with Crippen LogP contribution in [0.4, 0.5) is 0 Å². The quantitative estimate of drug-likeness (QED) is 0.694. The van der Waals surface area contributed by atoms with Crippen LogP contribution in [-0.2, 0) is 33.3 Å². The molecule has 1 heterocycles. The van der Waals surface area contributed by atoms with E-state index >= 15 is 0 Å². The van der Waals surface area contributed by atoms with Gasteiger partial charge < -0.3 is 28.8 Å². The van der Waals surface area contributed by atoms with Gasteiger partial charge in [-0.25, -0.2) is 9.59 Å². The van der Waals surface area contributed by atoms with Crippen LogP contribution >= 0.6 is 0 Å². The summed E-state index contributed by atoms with van der Waals surface area (Å²) in [5.74, 6) is -3.39. The number of rotatable bonds is 6. The molecule has 0 aromatic carbocycles. The van der Waals surface area contributed by atoms with E-state index in [4.69, 9.17) is 14.2 Å². The Morgan fingerprint density at radius 1 is 1.22 bits per heavy atom. The van der Waals surface area contributed by atoms with Crippen molar-refractivity contribution in [3.63, 3.8) is 0 Å². The monoisotopic (exact) mass is 332 g/mol. The third-order valence-electron chi connectivity index (χ3n) is 3.85. The van der Waals surface area contributed by atoms with E-state index in [1.165, 1.54) is 27.7 Å². The highest BCUT2D eigenvalue weighted by molar-refractivity contribution is 5.91. The van der Waals surface area contributed by atoms with Gasteiger partial charge in [-0.05, 0) is 34.1 Å². The fourth-order valence-electron chi connectivity index (χ4n) is 2.67. The molecule has 23 heavy (non-hydrogen) atoms. The van der Waals surface area contributed by atoms with Crippen molar-refractivity contribution in [3.8, 4) is 0 Å². The van der Waals surface area contributed by atoms with Crippen LogP contribution in [0.15, 0.2) is 0 Å². The van der Waals surface area contributed by atoms with Crippen LogP contribution in [0.25, 0.3) is 0 Å². The highest BCUT2D eigenvalue weighted by Crippen LogP contribution is 2.46. The molecule has 3 atom stereocenters. The molecule has 8 nitrogen and oxygen atoms in total. The predicted molar refractivity (Wildman–Crippen MR) is 77.3 cm³/mol. The van der Waals surface area contributed by atoms with Crippen molar-refractivity contribution in [1.82, 2.24) is 0 Å². The molecule has 1 N–H and O–H groups in total. The Balaban J connectivity index is 3.42. The van der Waals surface area contributed by atoms with E-state index in [0.717, 1.165) is 14.2 Å². The van der Waals surface area contributed by atoms with E-state index in [1.54, 1.807) is 0 Å². The molecule has 0 aliphatic carbocycles. The van der Waals surface area contributed by atoms with Crippen LogP contribution in [0.3, 0.4) is 0 Å². The van der Waals surface area contributed by atoms with Crippen LogP contribution in [0, 0.1) is 0 Å². The van der Waals surface area contributed by atoms with Crippen LogP contribution in [0.5, 0.6) is 0 Å². The van der Waals surface area contributed by atoms with Gasteiger partial charge in [0.05, 0.1) is 14.2 Å². The smallest absolute Gasteiger partial charge is 0.344 e. The summed E-state index contributed by atoms with van der Waals surface area (Å²) in [5.41, 5.74) is -4.05. The first-order valence-electron chi connectivity index (χ1n) is 7.19. The lowest BCUT2D eigenvalue weighted by molar-refractivity contribution is -0.226. The number of methoxy groups -OCH3 is 2. The van der Waals surface area contributed by atoms with Crippen LogP contribution < -0.4 is 0 Å². The number of Topliss-reactive ketones (excluding diaryl/α,β-unsaturated/α-hetero) is 1. The standard InChI is InChI=1S/C15H24O8/c1-9(16)7-8-14(4,19)15(12(18)21-6)10(11(17)20-5)22-13(2,3)23-15/h10,19H,7-8H2,1-6H3/t10-,14-,15-/m1/s1. The van der Waals surface area contributed by atoms with E-state index in [-0.39, 0.29) is 18.6 Å². The average molecular weight is 332 g/mol. The lowest BCUT2D eigenvalue weighted by Gasteiger charge is -2.41. The van der Waals surface area contributed by atoms with Gasteiger partial charge in [0.25, 0.3) is 0 Å². The zero-order valence-electron chi connectivity index (χ0n) is 14.3. The molecular weight excluding hydrogens is 308 g/mol. The molecule has 1 fully saturated rings. The van der Waals surface area contributed by atoms with Gasteiger partial charge in [-0.1, -0.05) is 0 Å². The zero-order valence-corrected chi connectivity index (χ0v) is 14.3. The molecule has 1 rings (SSSR count). The van der Waals surface area contributed by atoms with Crippen molar-refractivity contribution < 1.29 is 38.4 Å². The van der Waals surface area contributed by atoms with Gasteiger partial charge in [-0.3, -0.25) is 0 Å². The molecule has 0 amide bonds. The van der Waals surface area contributed by atoms with Crippen molar-refractivity contribution in [3.05, 3.63) is 0 Å². The normalized spacial score (nSPS) is 28.7. The highest BCUT2D eigenvalue weighted by atomic mass is 16.8. The highest BCUT2D eigenvalue weighted by Gasteiger charge is 2.70. The molecule has 0 unspecified atom stereocenters. The van der Waals surface area contributed by atoms with Gasteiger partial charge >= 0.3 is 11.9 Å². The molecule has 8 heteroatoms. The topological polar surface area (TPSA) is 108 Å². The minimum Gasteiger partial charge on any atom is -0.467 e. The van der Waals surface area contributed by atoms with Gasteiger partial charge in [-0.15, -0.1) is 0 Å². The second-order valence-electron chi connectivity index (χ2n) is 6.23. The summed E-state index contributed by atoms with van der Waals surface area (Å²) in [6, 6.07) is 0. The molecule has 0 saturated carbocycles. The van der Waals surface area contributed by atoms with Crippen LogP contribution in [0.2, 0.25) is 0 Å². The number of hydrogen-bond acceptors (Lipinski definition) is 8. The third kappa shape index (κ3) is 3.54. The molecule has 1 aliphatic heterocycles. The van der Waals surface area contributed by atoms with E-state index in [2.05, 4.69) is 4.74 Å². The summed E-state index contributed by atoms with van der Waals surface area (Å²) in [5, 5.41) is 10.9. The second kappa shape index (κ2) is 6.54. The maximum atomic E-state index is 12.5. The Morgan fingerprint density at radius 2 is 1.78 bits per heavy atom. The predicted octanol–water partition coefficient (Wildman–Crippen LogP) is 0.343. The fraction of sp³-hybridized carbons (Fsp3) is 0.800. The number of ketones is 1. The molecular formula is C15H24O8. The second-order valence-corrected chi connectivity index (χ2v) is 6.23. The Bertz CT molecular complexity index is 496. The third-order valence-corrected chi connectivity index (χ3v) is 3.85. The molecule has 1 aliphatic rings. The molecule has 0 spiro atoms. The number of ether oxygens (including phenoxy) is 4. The number of carbonyl (C=O) groups excluding carboxylic acids is 3. The van der Waals surface area contributed by atoms with Crippen molar-refractivity contribution in [2.75, 3.05) is 14.2 Å². The summed E-state index contributed by atoms with van der Waals surface area (Å²) in [4.78, 5) is 35.8. The van der Waals surface area contributed by atoms with E-state index < -0.39 is 35.0 Å². The molecule has 1 saturated heterocycles. The largest absolute Gasteiger partial charge is 0.467 e. The molecule has 0 radical (unpaired) electrons. The minimum atomic E-state index is -2.15. The summed E-state index contributed by atoms with van der Waals surface area (Å²) < 4.78 is 20.6. The lowest BCUT2D eigenvalue weighted by Crippen LogP contribution is -2.66. The van der Waals surface area contributed by atoms with Crippen molar-refractivity contribution >= 4 is 17.7 Å². The fourth-order valence-corrected chi connectivity index (χ4v) is 2.67. The summed E-state index contributed by atoms with van der Waals surface area (Å²) in [6.07, 6.45) is -1.66. The Kier molecular flexibility index (Phi) is 5.56. The molecule has 132 valence electrons. The Morgan fingerprint density at radius 3 is 2.22 bits per heavy atom. The Labute approximate surface area is 135 Å². The van der Waals surface area contributed by atoms with Gasteiger partial charge in [0.1, 0.15) is 11.4 Å². The first-order chi connectivity index (χ1) is 10.4. The number of carbonyl (C=O) groups is 3. The number of esters is 2. The van der Waals surface area contributed by atoms with Gasteiger partial charge in [0, 0.05) is 6.42 Å². The maximum absolute atomic E-state index is 12.5. The minimum absolute atomic E-state index is 0.0105. The van der Waals surface area contributed by atoms with Gasteiger partial charge in [0.2, 0.25) is 11.7 Å². The number of aliphatic hydroxyl groups is 1. The lowest BCUT2D eigenvalue weighted by atomic mass is 9.76. The Hall–Kier alpha value is -1.51. The van der Waals surface area contributed by atoms with E-state index in [9.17, 15) is 19.5 Å². The van der Waals surface area contributed by atoms with Gasteiger partial charge in [-0.2, -0.15) is 0 Å².